The van der Waals surface area contributed by atoms with E-state index in [1.807, 2.05) is 0 Å². The Bertz CT molecular complexity index is 75.0. The van der Waals surface area contributed by atoms with Crippen LogP contribution < -0.4 is 5.73 Å². The highest BCUT2D eigenvalue weighted by atomic mass is 35.6. The van der Waals surface area contributed by atoms with Crippen LogP contribution in [0.5, 0.6) is 0 Å². The predicted octanol–water partition coefficient (Wildman–Crippen LogP) is 3.99. The number of halogens is 3. The van der Waals surface area contributed by atoms with Gasteiger partial charge in [-0.2, -0.15) is 34.4 Å². The summed E-state index contributed by atoms with van der Waals surface area (Å²) in [6.07, 6.45) is 8.05. The summed E-state index contributed by atoms with van der Waals surface area (Å²) in [6.45, 7) is 3.11. The molecule has 0 radical (unpaired) electrons. The van der Waals surface area contributed by atoms with Crippen molar-refractivity contribution in [2.45, 2.75) is 45.4 Å². The molecule has 0 saturated carbocycles. The molecule has 0 fully saturated rings. The zero-order chi connectivity index (χ0) is 10.5. The fourth-order valence-corrected chi connectivity index (χ4v) is 0.925. The minimum atomic E-state index is -0.750. The van der Waals surface area contributed by atoms with Crippen LogP contribution in [0.2, 0.25) is 0 Å². The van der Waals surface area contributed by atoms with Gasteiger partial charge in [0.05, 0.1) is 0 Å². The van der Waals surface area contributed by atoms with Crippen LogP contribution in [0, 0.1) is 0 Å². The first-order valence-corrected chi connectivity index (χ1v) is 6.08. The Labute approximate surface area is 97.1 Å². The normalized spacial score (nSPS) is 9.00. The molecule has 0 unspecified atom stereocenters. The van der Waals surface area contributed by atoms with Gasteiger partial charge in [-0.3, -0.25) is 0 Å². The highest BCUT2D eigenvalue weighted by molar-refractivity contribution is 7.54. The van der Waals surface area contributed by atoms with Crippen LogP contribution >= 0.6 is 34.4 Å². The first kappa shape index (κ1) is 16.3. The standard InChI is InChI=1S/C8H19N.BCl3/c1-2-3-4-5-6-7-8-9;2-1(3)4/h2-9H2,1H3;. The van der Waals surface area contributed by atoms with Crippen molar-refractivity contribution in [2.75, 3.05) is 6.54 Å². The largest absolute Gasteiger partial charge is 0.450 e. The van der Waals surface area contributed by atoms with Crippen molar-refractivity contribution < 1.29 is 0 Å². The average Bonchev–Trinajstić information content (AvgIpc) is 2.03. The Morgan fingerprint density at radius 2 is 1.31 bits per heavy atom. The van der Waals surface area contributed by atoms with E-state index in [2.05, 4.69) is 6.92 Å². The van der Waals surface area contributed by atoms with Crippen LogP contribution in [-0.4, -0.2) is 11.5 Å². The Morgan fingerprint density at radius 1 is 0.923 bits per heavy atom. The van der Waals surface area contributed by atoms with E-state index in [-0.39, 0.29) is 0 Å². The monoisotopic (exact) mass is 245 g/mol. The number of unbranched alkanes of at least 4 members (excludes halogenated alkanes) is 5. The molecule has 0 spiro atoms. The molecule has 0 aromatic heterocycles. The minimum Gasteiger partial charge on any atom is -0.330 e. The maximum absolute atomic E-state index is 5.34. The summed E-state index contributed by atoms with van der Waals surface area (Å²) in [4.78, 5) is -0.750. The van der Waals surface area contributed by atoms with Gasteiger partial charge in [0, 0.05) is 0 Å². The second-order valence-corrected chi connectivity index (χ2v) is 4.78. The molecule has 0 rings (SSSR count). The molecule has 0 aliphatic rings. The zero-order valence-corrected chi connectivity index (χ0v) is 10.5. The molecule has 0 saturated heterocycles. The Kier molecular flexibility index (Phi) is 19.3. The molecule has 0 aromatic carbocycles. The smallest absolute Gasteiger partial charge is 0.330 e. The fraction of sp³-hybridized carbons (Fsp3) is 1.00. The van der Waals surface area contributed by atoms with E-state index >= 15 is 0 Å². The number of rotatable bonds is 6. The molecule has 0 aromatic rings. The lowest BCUT2D eigenvalue weighted by molar-refractivity contribution is 0.612. The third-order valence-corrected chi connectivity index (χ3v) is 1.56. The van der Waals surface area contributed by atoms with Crippen molar-refractivity contribution in [1.82, 2.24) is 0 Å². The summed E-state index contributed by atoms with van der Waals surface area (Å²) in [6, 6.07) is 0. The van der Waals surface area contributed by atoms with Crippen LogP contribution in [-0.2, 0) is 0 Å². The van der Waals surface area contributed by atoms with Crippen LogP contribution in [0.25, 0.3) is 0 Å². The Morgan fingerprint density at radius 3 is 1.69 bits per heavy atom. The topological polar surface area (TPSA) is 26.0 Å². The SMILES string of the molecule is CCCCCCCCN.ClB(Cl)Cl. The quantitative estimate of drug-likeness (QED) is 0.556. The molecule has 0 bridgehead atoms. The summed E-state index contributed by atoms with van der Waals surface area (Å²) in [5.41, 5.74) is 5.34. The Hall–Kier alpha value is 0.895. The molecule has 0 aliphatic heterocycles. The molecule has 0 aliphatic carbocycles. The number of hydrogen-bond donors (Lipinski definition) is 1. The second kappa shape index (κ2) is 15.4. The van der Waals surface area contributed by atoms with E-state index in [1.165, 1.54) is 38.5 Å². The maximum atomic E-state index is 5.34. The molecule has 0 heterocycles. The lowest BCUT2D eigenvalue weighted by Crippen LogP contribution is -1.97. The summed E-state index contributed by atoms with van der Waals surface area (Å²) < 4.78 is 0. The van der Waals surface area contributed by atoms with Crippen LogP contribution in [0.3, 0.4) is 0 Å². The molecule has 2 N–H and O–H groups in total. The van der Waals surface area contributed by atoms with E-state index in [9.17, 15) is 0 Å². The molecular weight excluding hydrogens is 227 g/mol. The van der Waals surface area contributed by atoms with Gasteiger partial charge in [0.2, 0.25) is 0 Å². The summed E-state index contributed by atoms with van der Waals surface area (Å²) in [5.74, 6) is 0. The Balaban J connectivity index is 0. The second-order valence-electron chi connectivity index (χ2n) is 2.80. The van der Waals surface area contributed by atoms with Crippen molar-refractivity contribution in [3.63, 3.8) is 0 Å². The summed E-state index contributed by atoms with van der Waals surface area (Å²) >= 11 is 14.4. The van der Waals surface area contributed by atoms with Gasteiger partial charge in [-0.15, -0.1) is 0 Å². The zero-order valence-electron chi connectivity index (χ0n) is 8.24. The fourth-order valence-electron chi connectivity index (χ4n) is 0.925. The highest BCUT2D eigenvalue weighted by Crippen LogP contribution is 2.03. The molecule has 0 atom stereocenters. The number of nitrogens with two attached hydrogens (primary N) is 1. The van der Waals surface area contributed by atoms with Gasteiger partial charge in [0.25, 0.3) is 0 Å². The van der Waals surface area contributed by atoms with Crippen LogP contribution in [0.15, 0.2) is 0 Å². The van der Waals surface area contributed by atoms with Crippen molar-refractivity contribution in [3.05, 3.63) is 0 Å². The van der Waals surface area contributed by atoms with Gasteiger partial charge in [-0.1, -0.05) is 39.0 Å². The van der Waals surface area contributed by atoms with E-state index in [1.54, 1.807) is 0 Å². The van der Waals surface area contributed by atoms with Crippen LogP contribution in [0.1, 0.15) is 45.4 Å². The summed E-state index contributed by atoms with van der Waals surface area (Å²) in [7, 11) is 0. The minimum absolute atomic E-state index is 0.750. The van der Waals surface area contributed by atoms with E-state index in [4.69, 9.17) is 40.1 Å². The predicted molar refractivity (Wildman–Crippen MR) is 65.7 cm³/mol. The number of hydrogen-bond acceptors (Lipinski definition) is 1. The molecule has 1 nitrogen and oxygen atoms in total. The van der Waals surface area contributed by atoms with Crippen molar-refractivity contribution in [1.29, 1.82) is 0 Å². The van der Waals surface area contributed by atoms with E-state index in [0.29, 0.717) is 0 Å². The lowest BCUT2D eigenvalue weighted by Gasteiger charge is -1.96. The van der Waals surface area contributed by atoms with Gasteiger partial charge >= 0.3 is 4.96 Å². The third-order valence-electron chi connectivity index (χ3n) is 1.56. The average molecular weight is 246 g/mol. The van der Waals surface area contributed by atoms with Gasteiger partial charge in [0.1, 0.15) is 0 Å². The summed E-state index contributed by atoms with van der Waals surface area (Å²) in [5, 5.41) is 0. The van der Waals surface area contributed by atoms with Gasteiger partial charge in [-0.05, 0) is 13.0 Å². The molecular formula is C8H19BCl3N. The van der Waals surface area contributed by atoms with Gasteiger partial charge < -0.3 is 5.73 Å². The third kappa shape index (κ3) is 32.2. The molecule has 5 heteroatoms. The maximum Gasteiger partial charge on any atom is 0.450 e. The first-order chi connectivity index (χ1) is 6.15. The van der Waals surface area contributed by atoms with Crippen LogP contribution in [0.4, 0.5) is 0 Å². The lowest BCUT2D eigenvalue weighted by atomic mass is 10.1. The van der Waals surface area contributed by atoms with E-state index in [0.717, 1.165) is 6.54 Å². The van der Waals surface area contributed by atoms with Gasteiger partial charge in [0.15, 0.2) is 0 Å². The van der Waals surface area contributed by atoms with E-state index < -0.39 is 4.96 Å². The van der Waals surface area contributed by atoms with Crippen molar-refractivity contribution in [3.8, 4) is 0 Å². The molecule has 13 heavy (non-hydrogen) atoms. The van der Waals surface area contributed by atoms with Crippen molar-refractivity contribution >= 4 is 39.3 Å². The molecule has 80 valence electrons. The first-order valence-electron chi connectivity index (χ1n) is 4.77. The highest BCUT2D eigenvalue weighted by Gasteiger charge is 1.91. The van der Waals surface area contributed by atoms with Gasteiger partial charge in [-0.25, -0.2) is 0 Å². The van der Waals surface area contributed by atoms with Crippen molar-refractivity contribution in [2.24, 2.45) is 5.73 Å². The molecule has 0 amide bonds.